The molecule has 0 aromatic rings. The maximum atomic E-state index is 12.2. The molecule has 0 N–H and O–H groups in total. The second-order valence-corrected chi connectivity index (χ2v) is 12.1. The molecule has 0 bridgehead atoms. The normalized spacial score (nSPS) is 48.6. The molecule has 0 aromatic carbocycles. The van der Waals surface area contributed by atoms with E-state index in [1.807, 2.05) is 6.08 Å². The van der Waals surface area contributed by atoms with Crippen LogP contribution in [0.4, 0.5) is 0 Å². The molecule has 5 heteroatoms. The third kappa shape index (κ3) is 2.68. The highest BCUT2D eigenvalue weighted by Crippen LogP contribution is 2.70. The summed E-state index contributed by atoms with van der Waals surface area (Å²) in [7, 11) is 0. The van der Waals surface area contributed by atoms with E-state index in [1.54, 1.807) is 6.92 Å². The first kappa shape index (κ1) is 19.8. The van der Waals surface area contributed by atoms with Crippen LogP contribution in [0.15, 0.2) is 11.6 Å². The van der Waals surface area contributed by atoms with Crippen LogP contribution in [-0.4, -0.2) is 27.7 Å². The van der Waals surface area contributed by atoms with Crippen molar-refractivity contribution in [2.24, 2.45) is 28.6 Å². The lowest BCUT2D eigenvalue weighted by atomic mass is 9.46. The van der Waals surface area contributed by atoms with Crippen LogP contribution >= 0.6 is 11.8 Å². The number of carbonyl (C=O) groups excluding carboxylic acids is 3. The fraction of sp³-hybridized carbons (Fsp3) is 0.792. The van der Waals surface area contributed by atoms with Crippen molar-refractivity contribution >= 4 is 28.6 Å². The van der Waals surface area contributed by atoms with E-state index in [2.05, 4.69) is 13.8 Å². The highest BCUT2D eigenvalue weighted by Gasteiger charge is 2.68. The van der Waals surface area contributed by atoms with Crippen LogP contribution in [0.25, 0.3) is 0 Å². The number of hydrogen-bond donors (Lipinski definition) is 0. The van der Waals surface area contributed by atoms with Crippen molar-refractivity contribution in [3.8, 4) is 0 Å². The van der Waals surface area contributed by atoms with E-state index in [-0.39, 0.29) is 38.5 Å². The molecule has 29 heavy (non-hydrogen) atoms. The van der Waals surface area contributed by atoms with Crippen LogP contribution in [0.1, 0.15) is 78.6 Å². The van der Waals surface area contributed by atoms with E-state index in [0.717, 1.165) is 44.9 Å². The molecule has 4 fully saturated rings. The third-order valence-corrected chi connectivity index (χ3v) is 10.7. The number of rotatable bonds is 1. The summed E-state index contributed by atoms with van der Waals surface area (Å²) in [6.45, 7) is 6.42. The van der Waals surface area contributed by atoms with E-state index < -0.39 is 0 Å². The summed E-state index contributed by atoms with van der Waals surface area (Å²) in [5.74, 6) is 1.67. The lowest BCUT2D eigenvalue weighted by molar-refractivity contribution is -0.167. The van der Waals surface area contributed by atoms with E-state index in [9.17, 15) is 14.4 Å². The minimum Gasteiger partial charge on any atom is -0.458 e. The molecule has 0 aromatic heterocycles. The molecule has 0 amide bonds. The van der Waals surface area contributed by atoms with Gasteiger partial charge < -0.3 is 4.74 Å². The van der Waals surface area contributed by atoms with Gasteiger partial charge >= 0.3 is 5.97 Å². The summed E-state index contributed by atoms with van der Waals surface area (Å²) >= 11 is 1.50. The van der Waals surface area contributed by atoms with Gasteiger partial charge in [0.1, 0.15) is 5.60 Å². The lowest BCUT2D eigenvalue weighted by Gasteiger charge is -2.61. The Hall–Kier alpha value is -1.10. The average Bonchev–Trinajstić information content (AvgIpc) is 3.17. The molecule has 7 atom stereocenters. The van der Waals surface area contributed by atoms with Crippen molar-refractivity contribution in [1.82, 2.24) is 0 Å². The minimum absolute atomic E-state index is 0.0119. The summed E-state index contributed by atoms with van der Waals surface area (Å²) in [6, 6.07) is 0. The predicted molar refractivity (Wildman–Crippen MR) is 112 cm³/mol. The van der Waals surface area contributed by atoms with E-state index in [0.29, 0.717) is 30.6 Å². The first-order chi connectivity index (χ1) is 13.7. The van der Waals surface area contributed by atoms with Crippen molar-refractivity contribution in [3.63, 3.8) is 0 Å². The third-order valence-electron chi connectivity index (χ3n) is 9.61. The molecule has 0 radical (unpaired) electrons. The molecule has 5 aliphatic rings. The maximum Gasteiger partial charge on any atom is 0.306 e. The van der Waals surface area contributed by atoms with Crippen molar-refractivity contribution in [2.45, 2.75) is 89.4 Å². The molecule has 1 heterocycles. The van der Waals surface area contributed by atoms with Crippen LogP contribution in [0.5, 0.6) is 0 Å². The van der Waals surface area contributed by atoms with Crippen LogP contribution in [0, 0.1) is 28.6 Å². The zero-order valence-electron chi connectivity index (χ0n) is 17.8. The minimum atomic E-state index is -0.287. The highest BCUT2D eigenvalue weighted by atomic mass is 32.2. The topological polar surface area (TPSA) is 60.4 Å². The van der Waals surface area contributed by atoms with Gasteiger partial charge in [-0.25, -0.2) is 0 Å². The molecular weight excluding hydrogens is 384 g/mol. The van der Waals surface area contributed by atoms with Crippen LogP contribution < -0.4 is 0 Å². The van der Waals surface area contributed by atoms with Crippen LogP contribution in [0.2, 0.25) is 0 Å². The Labute approximate surface area is 177 Å². The number of fused-ring (bicyclic) bond motifs is 6. The number of allylic oxidation sites excluding steroid dienone is 1. The van der Waals surface area contributed by atoms with Gasteiger partial charge in [-0.3, -0.25) is 14.4 Å². The Kier molecular flexibility index (Phi) is 4.41. The number of esters is 1. The first-order valence-corrected chi connectivity index (χ1v) is 12.2. The molecule has 1 aliphatic heterocycles. The van der Waals surface area contributed by atoms with Gasteiger partial charge in [0.15, 0.2) is 10.9 Å². The molecular formula is C24H32O4S. The van der Waals surface area contributed by atoms with E-state index >= 15 is 0 Å². The lowest BCUT2D eigenvalue weighted by Crippen LogP contribution is -2.57. The molecule has 4 aliphatic carbocycles. The summed E-state index contributed by atoms with van der Waals surface area (Å²) in [4.78, 5) is 36.4. The number of ketones is 1. The quantitative estimate of drug-likeness (QED) is 0.572. The van der Waals surface area contributed by atoms with Crippen LogP contribution in [0.3, 0.4) is 0 Å². The molecule has 158 valence electrons. The summed E-state index contributed by atoms with van der Waals surface area (Å²) in [5, 5.41) is 0.409. The molecule has 3 saturated carbocycles. The second-order valence-electron chi connectivity index (χ2n) is 10.7. The van der Waals surface area contributed by atoms with Crippen molar-refractivity contribution < 1.29 is 19.1 Å². The zero-order chi connectivity index (χ0) is 20.6. The van der Waals surface area contributed by atoms with Gasteiger partial charge in [0.2, 0.25) is 0 Å². The molecule has 1 saturated heterocycles. The van der Waals surface area contributed by atoms with Gasteiger partial charge in [0.05, 0.1) is 0 Å². The Morgan fingerprint density at radius 1 is 1.07 bits per heavy atom. The highest BCUT2D eigenvalue weighted by molar-refractivity contribution is 8.14. The number of hydrogen-bond acceptors (Lipinski definition) is 5. The van der Waals surface area contributed by atoms with Gasteiger partial charge in [-0.1, -0.05) is 31.2 Å². The fourth-order valence-electron chi connectivity index (χ4n) is 8.13. The number of thioether (sulfide) groups is 1. The fourth-order valence-corrected chi connectivity index (χ4v) is 9.36. The first-order valence-electron chi connectivity index (χ1n) is 11.3. The summed E-state index contributed by atoms with van der Waals surface area (Å²) in [5.41, 5.74) is 1.09. The molecule has 4 nitrogen and oxygen atoms in total. The zero-order valence-corrected chi connectivity index (χ0v) is 18.6. The monoisotopic (exact) mass is 416 g/mol. The number of ether oxygens (including phenoxy) is 1. The smallest absolute Gasteiger partial charge is 0.306 e. The Balaban J connectivity index is 1.56. The van der Waals surface area contributed by atoms with Gasteiger partial charge in [0.25, 0.3) is 0 Å². The molecule has 1 spiro atoms. The van der Waals surface area contributed by atoms with Gasteiger partial charge in [-0.05, 0) is 74.2 Å². The maximum absolute atomic E-state index is 12.2. The van der Waals surface area contributed by atoms with Crippen molar-refractivity contribution in [1.29, 1.82) is 0 Å². The van der Waals surface area contributed by atoms with Crippen LogP contribution in [-0.2, 0) is 19.1 Å². The standard InChI is InChI=1S/C24H32O4S/c1-14(25)29-19-13-15-12-16(26)4-8-22(15,2)17-5-9-23(3)18(21(17)19)6-10-24(23)11-7-20(27)28-24/h12,17-19,21H,4-11,13H2,1-3H3/t17?,18-,19?,21?,22+,23-,24+/m0/s1. The second kappa shape index (κ2) is 6.45. The van der Waals surface area contributed by atoms with Gasteiger partial charge in [-0.15, -0.1) is 0 Å². The predicted octanol–water partition coefficient (Wildman–Crippen LogP) is 4.85. The van der Waals surface area contributed by atoms with Crippen molar-refractivity contribution in [3.05, 3.63) is 11.6 Å². The molecule has 3 unspecified atom stereocenters. The van der Waals surface area contributed by atoms with Gasteiger partial charge in [0, 0.05) is 30.4 Å². The SMILES string of the molecule is CC(=O)SC1CC2=CC(=O)CC[C@@]2(C)C2CC[C@@]3(C)[C@@H](CC[C@@]34CCC(=O)O4)C12. The van der Waals surface area contributed by atoms with E-state index in [1.165, 1.54) is 17.3 Å². The Morgan fingerprint density at radius 2 is 1.83 bits per heavy atom. The van der Waals surface area contributed by atoms with Gasteiger partial charge in [-0.2, -0.15) is 0 Å². The Morgan fingerprint density at radius 3 is 2.52 bits per heavy atom. The Bertz CT molecular complexity index is 818. The number of carbonyl (C=O) groups is 3. The van der Waals surface area contributed by atoms with E-state index in [4.69, 9.17) is 4.74 Å². The largest absolute Gasteiger partial charge is 0.458 e. The summed E-state index contributed by atoms with van der Waals surface area (Å²) in [6.07, 6.45) is 10.0. The summed E-state index contributed by atoms with van der Waals surface area (Å²) < 4.78 is 6.06. The average molecular weight is 417 g/mol. The molecule has 5 rings (SSSR count). The van der Waals surface area contributed by atoms with Crippen molar-refractivity contribution in [2.75, 3.05) is 0 Å².